The van der Waals surface area contributed by atoms with E-state index < -0.39 is 0 Å². The number of amides is 1. The molecule has 1 aliphatic rings. The monoisotopic (exact) mass is 399 g/mol. The van der Waals surface area contributed by atoms with Gasteiger partial charge in [0.1, 0.15) is 23.9 Å². The van der Waals surface area contributed by atoms with Gasteiger partial charge in [0.25, 0.3) is 5.91 Å². The number of hydrogen-bond acceptors (Lipinski definition) is 4. The fourth-order valence-electron chi connectivity index (χ4n) is 3.71. The van der Waals surface area contributed by atoms with Crippen molar-refractivity contribution in [3.05, 3.63) is 95.9 Å². The maximum atomic E-state index is 12.7. The van der Waals surface area contributed by atoms with Gasteiger partial charge < -0.3 is 19.2 Å². The summed E-state index contributed by atoms with van der Waals surface area (Å²) in [6, 6.07) is 25.2. The number of nitrogens with one attached hydrogen (secondary N) is 1. The minimum Gasteiger partial charge on any atom is -0.493 e. The van der Waals surface area contributed by atoms with E-state index in [-0.39, 0.29) is 24.3 Å². The molecule has 0 fully saturated rings. The molecule has 0 spiro atoms. The summed E-state index contributed by atoms with van der Waals surface area (Å²) in [6.07, 6.45) is 0.724. The highest BCUT2D eigenvalue weighted by Crippen LogP contribution is 2.31. The Labute approximate surface area is 174 Å². The molecule has 0 saturated heterocycles. The van der Waals surface area contributed by atoms with Gasteiger partial charge >= 0.3 is 0 Å². The minimum absolute atomic E-state index is 0.0927. The van der Waals surface area contributed by atoms with Crippen molar-refractivity contribution in [2.45, 2.75) is 19.1 Å². The Morgan fingerprint density at radius 2 is 1.80 bits per heavy atom. The van der Waals surface area contributed by atoms with Gasteiger partial charge in [-0.15, -0.1) is 0 Å². The first kappa shape index (κ1) is 18.3. The Hall–Kier alpha value is -3.73. The molecule has 1 aromatic heterocycles. The fraction of sp³-hybridized carbons (Fsp3) is 0.160. The van der Waals surface area contributed by atoms with Crippen LogP contribution in [-0.4, -0.2) is 12.5 Å². The van der Waals surface area contributed by atoms with Crippen molar-refractivity contribution in [2.75, 3.05) is 6.61 Å². The second kappa shape index (κ2) is 7.95. The Kier molecular flexibility index (Phi) is 4.85. The van der Waals surface area contributed by atoms with Crippen LogP contribution in [0.5, 0.6) is 11.5 Å². The van der Waals surface area contributed by atoms with Gasteiger partial charge in [0.05, 0.1) is 12.6 Å². The molecule has 0 radical (unpaired) electrons. The van der Waals surface area contributed by atoms with E-state index in [1.54, 1.807) is 12.1 Å². The van der Waals surface area contributed by atoms with Gasteiger partial charge in [-0.25, -0.2) is 0 Å². The molecule has 5 nitrogen and oxygen atoms in total. The second-order valence-corrected chi connectivity index (χ2v) is 7.26. The van der Waals surface area contributed by atoms with Crippen molar-refractivity contribution >= 4 is 16.7 Å². The van der Waals surface area contributed by atoms with E-state index in [0.717, 1.165) is 34.3 Å². The average molecular weight is 399 g/mol. The first-order chi connectivity index (χ1) is 14.8. The molecule has 30 heavy (non-hydrogen) atoms. The molecule has 0 aliphatic carbocycles. The van der Waals surface area contributed by atoms with E-state index in [1.807, 2.05) is 60.7 Å². The molecule has 150 valence electrons. The Balaban J connectivity index is 1.23. The molecule has 4 aromatic rings. The molecule has 0 saturated carbocycles. The molecule has 5 heteroatoms. The fourth-order valence-corrected chi connectivity index (χ4v) is 3.71. The number of ether oxygens (including phenoxy) is 2. The zero-order valence-corrected chi connectivity index (χ0v) is 16.3. The van der Waals surface area contributed by atoms with Gasteiger partial charge in [-0.2, -0.15) is 0 Å². The van der Waals surface area contributed by atoms with Crippen LogP contribution in [0.2, 0.25) is 0 Å². The average Bonchev–Trinajstić information content (AvgIpc) is 3.27. The number of para-hydroxylation sites is 1. The smallest absolute Gasteiger partial charge is 0.287 e. The molecule has 1 amide bonds. The number of rotatable bonds is 5. The zero-order valence-electron chi connectivity index (χ0n) is 16.3. The first-order valence-electron chi connectivity index (χ1n) is 9.99. The number of furan rings is 1. The third kappa shape index (κ3) is 3.74. The third-order valence-electron chi connectivity index (χ3n) is 5.25. The third-order valence-corrected chi connectivity index (χ3v) is 5.25. The van der Waals surface area contributed by atoms with Crippen LogP contribution >= 0.6 is 0 Å². The summed E-state index contributed by atoms with van der Waals surface area (Å²) in [5.41, 5.74) is 0.989. The van der Waals surface area contributed by atoms with Crippen LogP contribution in [-0.2, 0) is 6.61 Å². The zero-order chi connectivity index (χ0) is 20.3. The predicted octanol–water partition coefficient (Wildman–Crippen LogP) is 5.27. The highest BCUT2D eigenvalue weighted by molar-refractivity contribution is 5.91. The molecule has 1 aliphatic heterocycles. The SMILES string of the molecule is O=C(NC1CCOc2ccccc21)c1ccc(COc2ccc3ccccc3c2)o1. The molecule has 5 rings (SSSR count). The van der Waals surface area contributed by atoms with Gasteiger partial charge in [0.2, 0.25) is 0 Å². The lowest BCUT2D eigenvalue weighted by Gasteiger charge is -2.26. The summed E-state index contributed by atoms with van der Waals surface area (Å²) in [4.78, 5) is 12.7. The number of hydrogen-bond donors (Lipinski definition) is 1. The summed E-state index contributed by atoms with van der Waals surface area (Å²) in [5.74, 6) is 2.21. The van der Waals surface area contributed by atoms with Crippen molar-refractivity contribution in [3.8, 4) is 11.5 Å². The van der Waals surface area contributed by atoms with Gasteiger partial charge in [0.15, 0.2) is 5.76 Å². The van der Waals surface area contributed by atoms with Crippen molar-refractivity contribution in [1.29, 1.82) is 0 Å². The molecule has 1 atom stereocenters. The van der Waals surface area contributed by atoms with E-state index in [9.17, 15) is 4.79 Å². The lowest BCUT2D eigenvalue weighted by molar-refractivity contribution is 0.0892. The van der Waals surface area contributed by atoms with Gasteiger partial charge in [0, 0.05) is 12.0 Å². The molecule has 3 aromatic carbocycles. The van der Waals surface area contributed by atoms with E-state index >= 15 is 0 Å². The quantitative estimate of drug-likeness (QED) is 0.497. The Bertz CT molecular complexity index is 1200. The van der Waals surface area contributed by atoms with Crippen LogP contribution in [0.25, 0.3) is 10.8 Å². The molecule has 1 unspecified atom stereocenters. The van der Waals surface area contributed by atoms with Gasteiger partial charge in [-0.05, 0) is 41.1 Å². The normalized spacial score (nSPS) is 15.3. The lowest BCUT2D eigenvalue weighted by atomic mass is 10.0. The van der Waals surface area contributed by atoms with Crippen LogP contribution in [0.4, 0.5) is 0 Å². The summed E-state index contributed by atoms with van der Waals surface area (Å²) >= 11 is 0. The van der Waals surface area contributed by atoms with E-state index in [4.69, 9.17) is 13.9 Å². The number of benzene rings is 3. The minimum atomic E-state index is -0.242. The second-order valence-electron chi connectivity index (χ2n) is 7.26. The highest BCUT2D eigenvalue weighted by atomic mass is 16.5. The van der Waals surface area contributed by atoms with Crippen LogP contribution in [0, 0.1) is 0 Å². The maximum Gasteiger partial charge on any atom is 0.287 e. The highest BCUT2D eigenvalue weighted by Gasteiger charge is 2.24. The molecule has 2 heterocycles. The van der Waals surface area contributed by atoms with Crippen molar-refractivity contribution in [1.82, 2.24) is 5.32 Å². The topological polar surface area (TPSA) is 60.7 Å². The van der Waals surface area contributed by atoms with Crippen LogP contribution in [0.3, 0.4) is 0 Å². The maximum absolute atomic E-state index is 12.7. The van der Waals surface area contributed by atoms with Crippen LogP contribution < -0.4 is 14.8 Å². The summed E-state index contributed by atoms with van der Waals surface area (Å²) in [5, 5.41) is 5.33. The molecular weight excluding hydrogens is 378 g/mol. The number of carbonyl (C=O) groups excluding carboxylic acids is 1. The number of carbonyl (C=O) groups is 1. The summed E-state index contributed by atoms with van der Waals surface area (Å²) < 4.78 is 17.2. The largest absolute Gasteiger partial charge is 0.493 e. The summed E-state index contributed by atoms with van der Waals surface area (Å²) in [6.45, 7) is 0.830. The standard InChI is InChI=1S/C25H21NO4/c27-25(26-22-13-14-28-23-8-4-3-7-21(22)23)24-12-11-20(30-24)16-29-19-10-9-17-5-1-2-6-18(17)15-19/h1-12,15,22H,13-14,16H2,(H,26,27). The predicted molar refractivity (Wildman–Crippen MR) is 114 cm³/mol. The van der Waals surface area contributed by atoms with Crippen LogP contribution in [0.15, 0.2) is 83.3 Å². The van der Waals surface area contributed by atoms with E-state index in [2.05, 4.69) is 11.4 Å². The van der Waals surface area contributed by atoms with Gasteiger partial charge in [-0.1, -0.05) is 48.5 Å². The number of fused-ring (bicyclic) bond motifs is 2. The van der Waals surface area contributed by atoms with Crippen LogP contribution in [0.1, 0.15) is 34.3 Å². The van der Waals surface area contributed by atoms with Crippen molar-refractivity contribution in [2.24, 2.45) is 0 Å². The van der Waals surface area contributed by atoms with Crippen molar-refractivity contribution < 1.29 is 18.7 Å². The lowest BCUT2D eigenvalue weighted by Crippen LogP contribution is -2.31. The Morgan fingerprint density at radius 1 is 0.967 bits per heavy atom. The summed E-state index contributed by atoms with van der Waals surface area (Å²) in [7, 11) is 0. The molecule has 1 N–H and O–H groups in total. The first-order valence-corrected chi connectivity index (χ1v) is 9.99. The van der Waals surface area contributed by atoms with E-state index in [0.29, 0.717) is 12.4 Å². The van der Waals surface area contributed by atoms with Crippen molar-refractivity contribution in [3.63, 3.8) is 0 Å². The molecular formula is C25H21NO4. The van der Waals surface area contributed by atoms with E-state index in [1.165, 1.54) is 0 Å². The Morgan fingerprint density at radius 3 is 2.73 bits per heavy atom. The van der Waals surface area contributed by atoms with Gasteiger partial charge in [-0.3, -0.25) is 4.79 Å². The molecule has 0 bridgehead atoms.